The molecule has 2 saturated heterocycles. The van der Waals surface area contributed by atoms with Gasteiger partial charge in [-0.05, 0) is 117 Å². The zero-order valence-electron chi connectivity index (χ0n) is 42.5. The molecule has 15 unspecified atom stereocenters. The summed E-state index contributed by atoms with van der Waals surface area (Å²) in [6, 6.07) is -1.19. The summed E-state index contributed by atoms with van der Waals surface area (Å²) >= 11 is 0. The first kappa shape index (κ1) is 55.7. The lowest BCUT2D eigenvalue weighted by atomic mass is 9.77. The summed E-state index contributed by atoms with van der Waals surface area (Å²) in [6.07, 6.45) is 13.9. The number of nitrogens with zero attached hydrogens (tertiary/aromatic N) is 5. The van der Waals surface area contributed by atoms with Gasteiger partial charge in [0.2, 0.25) is 5.79 Å². The largest absolute Gasteiger partial charge is 0.460 e. The second kappa shape index (κ2) is 25.7. The van der Waals surface area contributed by atoms with Crippen LogP contribution in [0.1, 0.15) is 132 Å². The molecule has 3 aliphatic heterocycles. The molecule has 0 spiro atoms. The summed E-state index contributed by atoms with van der Waals surface area (Å²) in [6.45, 7) is 12.8. The van der Waals surface area contributed by atoms with Gasteiger partial charge in [0.05, 0.1) is 24.4 Å². The van der Waals surface area contributed by atoms with Crippen molar-refractivity contribution in [1.82, 2.24) is 25.1 Å². The molecule has 0 aromatic carbocycles. The molecule has 1 saturated carbocycles. The number of aliphatic hydroxyl groups is 2. The number of methoxy groups -OCH3 is 3. The molecule has 4 aliphatic rings. The Morgan fingerprint density at radius 2 is 1.64 bits per heavy atom. The molecule has 384 valence electrons. The minimum Gasteiger partial charge on any atom is -0.460 e. The molecule has 69 heavy (non-hydrogen) atoms. The molecule has 1 amide bonds. The number of allylic oxidation sites excluding steroid dienone is 6. The van der Waals surface area contributed by atoms with Crippen LogP contribution in [0.3, 0.4) is 0 Å². The fourth-order valence-corrected chi connectivity index (χ4v) is 10.7. The van der Waals surface area contributed by atoms with E-state index < -0.39 is 77.8 Å². The summed E-state index contributed by atoms with van der Waals surface area (Å²) in [4.78, 5) is 72.3. The molecular formula is C52H79N5O12. The van der Waals surface area contributed by atoms with Crippen LogP contribution in [0, 0.1) is 35.5 Å². The van der Waals surface area contributed by atoms with Gasteiger partial charge in [-0.25, -0.2) is 9.48 Å². The van der Waals surface area contributed by atoms with Gasteiger partial charge in [0.15, 0.2) is 5.78 Å². The van der Waals surface area contributed by atoms with Gasteiger partial charge in [0, 0.05) is 58.5 Å². The van der Waals surface area contributed by atoms with Gasteiger partial charge in [-0.1, -0.05) is 71.1 Å². The van der Waals surface area contributed by atoms with E-state index in [1.807, 2.05) is 58.1 Å². The Morgan fingerprint density at radius 3 is 2.32 bits per heavy atom. The minimum atomic E-state index is -2.43. The Kier molecular flexibility index (Phi) is 20.8. The summed E-state index contributed by atoms with van der Waals surface area (Å²) < 4.78 is 31.6. The number of tetrazole rings is 1. The molecule has 2 bridgehead atoms. The fourth-order valence-electron chi connectivity index (χ4n) is 10.7. The number of fused-ring (bicyclic) bond motifs is 3. The van der Waals surface area contributed by atoms with Crippen LogP contribution in [0.2, 0.25) is 0 Å². The predicted molar refractivity (Wildman–Crippen MR) is 256 cm³/mol. The van der Waals surface area contributed by atoms with E-state index in [9.17, 15) is 34.2 Å². The van der Waals surface area contributed by atoms with Crippen LogP contribution in [-0.2, 0) is 47.7 Å². The minimum absolute atomic E-state index is 0.0170. The van der Waals surface area contributed by atoms with E-state index >= 15 is 0 Å². The van der Waals surface area contributed by atoms with Crippen LogP contribution in [0.25, 0.3) is 0 Å². The summed E-state index contributed by atoms with van der Waals surface area (Å²) in [5, 5.41) is 35.2. The van der Waals surface area contributed by atoms with E-state index in [1.165, 1.54) is 12.0 Å². The number of aliphatic hydroxyl groups excluding tert-OH is 1. The number of rotatable bonds is 7. The zero-order valence-corrected chi connectivity index (χ0v) is 42.5. The maximum absolute atomic E-state index is 14.5. The Hall–Kier alpha value is -4.26. The lowest BCUT2D eigenvalue weighted by molar-refractivity contribution is -0.265. The van der Waals surface area contributed by atoms with Gasteiger partial charge in [0.1, 0.15) is 36.5 Å². The molecule has 15 atom stereocenters. The fraction of sp³-hybridized carbons (Fsp3) is 0.731. The highest BCUT2D eigenvalue weighted by atomic mass is 16.6. The molecule has 17 nitrogen and oxygen atoms in total. The second-order valence-corrected chi connectivity index (χ2v) is 20.4. The lowest BCUT2D eigenvalue weighted by Crippen LogP contribution is -2.61. The van der Waals surface area contributed by atoms with Gasteiger partial charge >= 0.3 is 5.97 Å². The smallest absolute Gasteiger partial charge is 0.329 e. The number of piperidine rings is 1. The molecule has 3 fully saturated rings. The van der Waals surface area contributed by atoms with Crippen molar-refractivity contribution in [3.05, 3.63) is 53.9 Å². The number of aromatic nitrogens is 4. The Morgan fingerprint density at radius 1 is 0.884 bits per heavy atom. The van der Waals surface area contributed by atoms with Crippen LogP contribution in [-0.4, -0.2) is 141 Å². The number of Topliss-reactive ketones (excluding diaryl/α,β-unsaturated/α-hetero) is 3. The first-order chi connectivity index (χ1) is 32.8. The normalized spacial score (nSPS) is 37.8. The van der Waals surface area contributed by atoms with Gasteiger partial charge in [-0.2, -0.15) is 0 Å². The monoisotopic (exact) mass is 966 g/mol. The Labute approximate surface area is 408 Å². The number of cyclic esters (lactones) is 1. The van der Waals surface area contributed by atoms with Gasteiger partial charge < -0.3 is 38.8 Å². The number of ether oxygens (including phenoxy) is 5. The molecule has 1 aliphatic carbocycles. The molecule has 1 aromatic rings. The lowest BCUT2D eigenvalue weighted by Gasteiger charge is -2.42. The van der Waals surface area contributed by atoms with Crippen molar-refractivity contribution in [2.24, 2.45) is 35.5 Å². The quantitative estimate of drug-likeness (QED) is 0.181. The van der Waals surface area contributed by atoms with Gasteiger partial charge in [-0.3, -0.25) is 19.2 Å². The SMILES string of the molecule is COC1CC2CCC(C)C(O)(O2)C(=O)C(=O)N2CCCCC2C(=O)OC(C(C)CC2CCC(n3cnnn3)C(OC)C2)CC(=O)C(C)/C=C(/C)C(O)C(OC)C(=O)C(C)CC(C)C=CC=C/C=C\1C. The van der Waals surface area contributed by atoms with E-state index in [4.69, 9.17) is 23.7 Å². The van der Waals surface area contributed by atoms with E-state index in [0.717, 1.165) is 18.4 Å². The molecule has 4 heterocycles. The summed E-state index contributed by atoms with van der Waals surface area (Å²) in [5.74, 6) is -7.92. The van der Waals surface area contributed by atoms with Crippen LogP contribution in [0.15, 0.2) is 53.9 Å². The first-order valence-electron chi connectivity index (χ1n) is 25.0. The maximum atomic E-state index is 14.5. The molecule has 1 aromatic heterocycles. The third kappa shape index (κ3) is 14.2. The van der Waals surface area contributed by atoms with Crippen LogP contribution in [0.5, 0.6) is 0 Å². The van der Waals surface area contributed by atoms with Crippen molar-refractivity contribution >= 4 is 29.2 Å². The highest BCUT2D eigenvalue weighted by Crippen LogP contribution is 2.39. The number of hydrogen-bond acceptors (Lipinski definition) is 15. The van der Waals surface area contributed by atoms with Crippen molar-refractivity contribution in [1.29, 1.82) is 0 Å². The van der Waals surface area contributed by atoms with Crippen molar-refractivity contribution < 1.29 is 57.9 Å². The highest BCUT2D eigenvalue weighted by molar-refractivity contribution is 6.39. The summed E-state index contributed by atoms with van der Waals surface area (Å²) in [5.41, 5.74) is 1.27. The zero-order chi connectivity index (χ0) is 50.6. The average molecular weight is 966 g/mol. The number of amides is 1. The number of carbonyl (C=O) groups is 5. The first-order valence-corrected chi connectivity index (χ1v) is 25.0. The molecule has 0 radical (unpaired) electrons. The van der Waals surface area contributed by atoms with Crippen molar-refractivity contribution in [2.45, 2.75) is 180 Å². The standard InChI is InChI=1S/C52H79N5O12/c1-31-16-12-11-13-17-32(2)43(65-8)28-39-21-19-37(7)52(64,69-39)49(61)50(62)56-23-15-14-18-41(56)51(63)68-44(34(4)26-38-20-22-40(45(27-38)66-9)57-30-53-54-55-57)29-42(58)33(3)25-36(6)47(60)48(67-10)46(59)35(5)24-31/h11-13,16-17,25,30-31,33-35,37-41,43-45,47-48,60,64H,14-15,18-24,26-29H2,1-10H3/b13-11?,16-12?,32-17-,36-25-. The number of hydrogen-bond donors (Lipinski definition) is 2. The topological polar surface area (TPSA) is 219 Å². The van der Waals surface area contributed by atoms with E-state index in [-0.39, 0.29) is 60.9 Å². The summed E-state index contributed by atoms with van der Waals surface area (Å²) in [7, 11) is 4.62. The predicted octanol–water partition coefficient (Wildman–Crippen LogP) is 6.05. The molecule has 5 rings (SSSR count). The number of esters is 1. The maximum Gasteiger partial charge on any atom is 0.329 e. The van der Waals surface area contributed by atoms with Gasteiger partial charge in [-0.15, -0.1) is 5.10 Å². The highest BCUT2D eigenvalue weighted by Gasteiger charge is 2.53. The number of ketones is 3. The Bertz CT molecular complexity index is 2020. The van der Waals surface area contributed by atoms with Crippen LogP contribution in [0.4, 0.5) is 0 Å². The Balaban J connectivity index is 1.46. The van der Waals surface area contributed by atoms with E-state index in [0.29, 0.717) is 56.9 Å². The molecular weight excluding hydrogens is 887 g/mol. The van der Waals surface area contributed by atoms with E-state index in [1.54, 1.807) is 52.1 Å². The third-order valence-electron chi connectivity index (χ3n) is 15.2. The average Bonchev–Trinajstić information content (AvgIpc) is 3.88. The molecule has 17 heteroatoms. The third-order valence-corrected chi connectivity index (χ3v) is 15.2. The van der Waals surface area contributed by atoms with E-state index in [2.05, 4.69) is 15.5 Å². The van der Waals surface area contributed by atoms with Crippen LogP contribution >= 0.6 is 0 Å². The number of carbonyl (C=O) groups excluding carboxylic acids is 5. The second-order valence-electron chi connectivity index (χ2n) is 20.4. The molecule has 2 N–H and O–H groups in total. The van der Waals surface area contributed by atoms with Crippen LogP contribution < -0.4 is 0 Å². The van der Waals surface area contributed by atoms with Gasteiger partial charge in [0.25, 0.3) is 11.7 Å². The van der Waals surface area contributed by atoms with Crippen molar-refractivity contribution in [3.63, 3.8) is 0 Å². The van der Waals surface area contributed by atoms with Crippen molar-refractivity contribution in [2.75, 3.05) is 27.9 Å². The van der Waals surface area contributed by atoms with Crippen molar-refractivity contribution in [3.8, 4) is 0 Å².